The van der Waals surface area contributed by atoms with E-state index in [-0.39, 0.29) is 5.91 Å². The van der Waals surface area contributed by atoms with Gasteiger partial charge < -0.3 is 14.8 Å². The molecule has 0 radical (unpaired) electrons. The Bertz CT molecular complexity index is 742. The third-order valence-corrected chi connectivity index (χ3v) is 6.97. The molecule has 6 heteroatoms. The Balaban J connectivity index is 1.45. The predicted octanol–water partition coefficient (Wildman–Crippen LogP) is 4.19. The van der Waals surface area contributed by atoms with Gasteiger partial charge in [0.15, 0.2) is 11.5 Å². The number of amides is 1. The summed E-state index contributed by atoms with van der Waals surface area (Å²) in [5.41, 5.74) is 2.63. The molecule has 0 aliphatic carbocycles. The van der Waals surface area contributed by atoms with E-state index in [0.717, 1.165) is 5.75 Å². The first kappa shape index (κ1) is 15.7. The Kier molecular flexibility index (Phi) is 4.58. The molecule has 2 heterocycles. The number of thioether (sulfide) groups is 2. The van der Waals surface area contributed by atoms with Crippen LogP contribution in [0.5, 0.6) is 11.5 Å². The predicted molar refractivity (Wildman–Crippen MR) is 99.5 cm³/mol. The van der Waals surface area contributed by atoms with E-state index in [9.17, 15) is 4.79 Å². The molecule has 4 rings (SSSR count). The third-order valence-electron chi connectivity index (χ3n) is 3.87. The summed E-state index contributed by atoms with van der Waals surface area (Å²) in [4.78, 5) is 12.4. The van der Waals surface area contributed by atoms with Crippen LogP contribution < -0.4 is 14.8 Å². The van der Waals surface area contributed by atoms with Crippen molar-refractivity contribution in [3.05, 3.63) is 53.6 Å². The molecule has 124 valence electrons. The highest BCUT2D eigenvalue weighted by Gasteiger charge is 2.18. The Morgan fingerprint density at radius 1 is 0.958 bits per heavy atom. The fraction of sp³-hybridized carbons (Fsp3) is 0.278. The topological polar surface area (TPSA) is 47.6 Å². The van der Waals surface area contributed by atoms with Crippen LogP contribution in [0.2, 0.25) is 0 Å². The second-order valence-corrected chi connectivity index (χ2v) is 8.23. The van der Waals surface area contributed by atoms with Crippen LogP contribution in [0, 0.1) is 0 Å². The van der Waals surface area contributed by atoms with Crippen LogP contribution >= 0.6 is 23.5 Å². The van der Waals surface area contributed by atoms with Crippen molar-refractivity contribution in [1.29, 1.82) is 0 Å². The van der Waals surface area contributed by atoms with Gasteiger partial charge in [0.05, 0.1) is 4.58 Å². The Labute approximate surface area is 149 Å². The van der Waals surface area contributed by atoms with Crippen molar-refractivity contribution in [3.63, 3.8) is 0 Å². The SMILES string of the molecule is O=C(Nc1ccc2c(c1)OCCO2)c1ccc(C2SCCS2)cc1. The van der Waals surface area contributed by atoms with E-state index in [0.29, 0.717) is 34.8 Å². The maximum atomic E-state index is 12.4. The molecule has 0 aromatic heterocycles. The van der Waals surface area contributed by atoms with Gasteiger partial charge in [0.2, 0.25) is 0 Å². The van der Waals surface area contributed by atoms with E-state index in [1.165, 1.54) is 17.1 Å². The van der Waals surface area contributed by atoms with Crippen LogP contribution in [-0.4, -0.2) is 30.6 Å². The first-order chi connectivity index (χ1) is 11.8. The summed E-state index contributed by atoms with van der Waals surface area (Å²) in [6, 6.07) is 13.3. The fourth-order valence-corrected chi connectivity index (χ4v) is 5.53. The van der Waals surface area contributed by atoms with Crippen LogP contribution in [0.25, 0.3) is 0 Å². The second-order valence-electron chi connectivity index (χ2n) is 5.51. The minimum absolute atomic E-state index is 0.120. The average molecular weight is 359 g/mol. The van der Waals surface area contributed by atoms with Gasteiger partial charge in [-0.1, -0.05) is 12.1 Å². The van der Waals surface area contributed by atoms with Gasteiger partial charge in [-0.15, -0.1) is 23.5 Å². The van der Waals surface area contributed by atoms with Crippen molar-refractivity contribution in [3.8, 4) is 11.5 Å². The number of rotatable bonds is 3. The molecule has 2 aliphatic heterocycles. The highest BCUT2D eigenvalue weighted by Crippen LogP contribution is 2.45. The van der Waals surface area contributed by atoms with Gasteiger partial charge in [-0.2, -0.15) is 0 Å². The lowest BCUT2D eigenvalue weighted by Crippen LogP contribution is -2.16. The van der Waals surface area contributed by atoms with Gasteiger partial charge in [-0.25, -0.2) is 0 Å². The second kappa shape index (κ2) is 6.99. The molecule has 24 heavy (non-hydrogen) atoms. The molecular formula is C18H17NO3S2. The number of hydrogen-bond acceptors (Lipinski definition) is 5. The molecule has 2 aliphatic rings. The normalized spacial score (nSPS) is 16.8. The molecule has 0 unspecified atom stereocenters. The van der Waals surface area contributed by atoms with Crippen molar-refractivity contribution in [2.75, 3.05) is 30.0 Å². The number of carbonyl (C=O) groups excluding carboxylic acids is 1. The lowest BCUT2D eigenvalue weighted by atomic mass is 10.1. The third kappa shape index (κ3) is 3.35. The number of nitrogens with one attached hydrogen (secondary N) is 1. The first-order valence-corrected chi connectivity index (χ1v) is 9.93. The van der Waals surface area contributed by atoms with Gasteiger partial charge in [0.1, 0.15) is 13.2 Å². The lowest BCUT2D eigenvalue weighted by molar-refractivity contribution is 0.102. The molecule has 2 aromatic rings. The number of anilines is 1. The number of carbonyl (C=O) groups is 1. The molecule has 2 aromatic carbocycles. The molecule has 0 saturated carbocycles. The number of benzene rings is 2. The Morgan fingerprint density at radius 2 is 1.67 bits per heavy atom. The first-order valence-electron chi connectivity index (χ1n) is 7.84. The van der Waals surface area contributed by atoms with E-state index >= 15 is 0 Å². The molecule has 4 nitrogen and oxygen atoms in total. The molecule has 1 saturated heterocycles. The van der Waals surface area contributed by atoms with Crippen LogP contribution in [0.4, 0.5) is 5.69 Å². The molecule has 1 amide bonds. The molecule has 0 spiro atoms. The molecule has 1 N–H and O–H groups in total. The summed E-state index contributed by atoms with van der Waals surface area (Å²) in [7, 11) is 0. The van der Waals surface area contributed by atoms with E-state index in [4.69, 9.17) is 9.47 Å². The van der Waals surface area contributed by atoms with Crippen molar-refractivity contribution in [2.24, 2.45) is 0 Å². The smallest absolute Gasteiger partial charge is 0.255 e. The molecule has 0 bridgehead atoms. The highest BCUT2D eigenvalue weighted by atomic mass is 32.2. The van der Waals surface area contributed by atoms with Crippen LogP contribution in [0.15, 0.2) is 42.5 Å². The number of hydrogen-bond donors (Lipinski definition) is 1. The average Bonchev–Trinajstić information content (AvgIpc) is 3.16. The van der Waals surface area contributed by atoms with Crippen LogP contribution in [0.1, 0.15) is 20.5 Å². The lowest BCUT2D eigenvalue weighted by Gasteiger charge is -2.19. The van der Waals surface area contributed by atoms with E-state index in [2.05, 4.69) is 17.4 Å². The van der Waals surface area contributed by atoms with Gasteiger partial charge in [-0.3, -0.25) is 4.79 Å². The van der Waals surface area contributed by atoms with E-state index < -0.39 is 0 Å². The van der Waals surface area contributed by atoms with Gasteiger partial charge in [0.25, 0.3) is 5.91 Å². The number of ether oxygens (including phenoxy) is 2. The maximum absolute atomic E-state index is 12.4. The van der Waals surface area contributed by atoms with Crippen LogP contribution in [0.3, 0.4) is 0 Å². The van der Waals surface area contributed by atoms with Crippen molar-refractivity contribution in [2.45, 2.75) is 4.58 Å². The zero-order valence-electron chi connectivity index (χ0n) is 13.0. The summed E-state index contributed by atoms with van der Waals surface area (Å²) in [6.45, 7) is 1.09. The van der Waals surface area contributed by atoms with Gasteiger partial charge >= 0.3 is 0 Å². The number of fused-ring (bicyclic) bond motifs is 1. The van der Waals surface area contributed by atoms with E-state index in [1.807, 2.05) is 47.8 Å². The molecule has 1 fully saturated rings. The van der Waals surface area contributed by atoms with Crippen LogP contribution in [-0.2, 0) is 0 Å². The highest BCUT2D eigenvalue weighted by molar-refractivity contribution is 8.19. The summed E-state index contributed by atoms with van der Waals surface area (Å²) >= 11 is 3.92. The van der Waals surface area contributed by atoms with Crippen molar-refractivity contribution >= 4 is 35.1 Å². The summed E-state index contributed by atoms with van der Waals surface area (Å²) < 4.78 is 11.5. The maximum Gasteiger partial charge on any atom is 0.255 e. The van der Waals surface area contributed by atoms with Gasteiger partial charge in [0, 0.05) is 28.8 Å². The largest absolute Gasteiger partial charge is 0.486 e. The van der Waals surface area contributed by atoms with E-state index in [1.54, 1.807) is 6.07 Å². The summed E-state index contributed by atoms with van der Waals surface area (Å²) in [6.07, 6.45) is 0. The minimum atomic E-state index is -0.120. The Hall–Kier alpha value is -1.79. The standard InChI is InChI=1S/C18H17NO3S2/c20-17(12-1-3-13(4-2-12)18-23-9-10-24-18)19-14-5-6-15-16(11-14)22-8-7-21-15/h1-6,11,18H,7-10H2,(H,19,20). The zero-order chi connectivity index (χ0) is 16.4. The molecule has 0 atom stereocenters. The van der Waals surface area contributed by atoms with Crippen molar-refractivity contribution < 1.29 is 14.3 Å². The monoisotopic (exact) mass is 359 g/mol. The molecular weight excluding hydrogens is 342 g/mol. The fourth-order valence-electron chi connectivity index (χ4n) is 2.67. The minimum Gasteiger partial charge on any atom is -0.486 e. The zero-order valence-corrected chi connectivity index (χ0v) is 14.6. The Morgan fingerprint density at radius 3 is 2.42 bits per heavy atom. The quantitative estimate of drug-likeness (QED) is 0.890. The summed E-state index contributed by atoms with van der Waals surface area (Å²) in [5.74, 6) is 3.66. The summed E-state index contributed by atoms with van der Waals surface area (Å²) in [5, 5.41) is 2.91. The van der Waals surface area contributed by atoms with Gasteiger partial charge in [-0.05, 0) is 29.8 Å². The van der Waals surface area contributed by atoms with Crippen molar-refractivity contribution in [1.82, 2.24) is 0 Å².